The molecular weight excluding hydrogens is 280 g/mol. The van der Waals surface area contributed by atoms with Gasteiger partial charge in [0, 0.05) is 12.0 Å². The molecule has 0 bridgehead atoms. The molecule has 1 saturated carbocycles. The van der Waals surface area contributed by atoms with Gasteiger partial charge in [0.1, 0.15) is 10.6 Å². The van der Waals surface area contributed by atoms with Crippen molar-refractivity contribution < 1.29 is 9.72 Å². The summed E-state index contributed by atoms with van der Waals surface area (Å²) in [5, 5.41) is 22.6. The summed E-state index contributed by atoms with van der Waals surface area (Å²) in [6, 6.07) is 5.81. The summed E-state index contributed by atoms with van der Waals surface area (Å²) >= 11 is 1.32. The summed E-state index contributed by atoms with van der Waals surface area (Å²) in [7, 11) is 0. The standard InChI is InChI=1S/C12H10N4O3S/c17-10(8-3-1-2-4-9(8)16(18)19)13-12-15-14-11(20-12)7-5-6-7/h1-4,7H,5-6H2,(H,13,15,17). The zero-order valence-electron chi connectivity index (χ0n) is 10.3. The number of benzene rings is 1. The molecule has 1 aromatic heterocycles. The molecule has 1 amide bonds. The fourth-order valence-electron chi connectivity index (χ4n) is 1.77. The maximum absolute atomic E-state index is 12.1. The zero-order valence-corrected chi connectivity index (χ0v) is 11.1. The second-order valence-corrected chi connectivity index (χ2v) is 5.46. The molecule has 1 N–H and O–H groups in total. The van der Waals surface area contributed by atoms with Crippen LogP contribution in [-0.4, -0.2) is 21.0 Å². The van der Waals surface area contributed by atoms with Crippen LogP contribution in [0.3, 0.4) is 0 Å². The Morgan fingerprint density at radius 1 is 1.35 bits per heavy atom. The molecule has 20 heavy (non-hydrogen) atoms. The van der Waals surface area contributed by atoms with E-state index in [0.29, 0.717) is 11.0 Å². The van der Waals surface area contributed by atoms with E-state index in [0.717, 1.165) is 17.8 Å². The summed E-state index contributed by atoms with van der Waals surface area (Å²) in [4.78, 5) is 22.4. The number of carbonyl (C=O) groups is 1. The molecule has 2 aromatic rings. The Bertz CT molecular complexity index is 681. The number of nitrogens with one attached hydrogen (secondary N) is 1. The van der Waals surface area contributed by atoms with E-state index in [1.807, 2.05) is 0 Å². The van der Waals surface area contributed by atoms with E-state index >= 15 is 0 Å². The second kappa shape index (κ2) is 4.97. The van der Waals surface area contributed by atoms with E-state index in [4.69, 9.17) is 0 Å². The zero-order chi connectivity index (χ0) is 14.1. The third-order valence-electron chi connectivity index (χ3n) is 2.93. The number of nitro groups is 1. The van der Waals surface area contributed by atoms with Crippen LogP contribution in [-0.2, 0) is 0 Å². The Kier molecular flexibility index (Phi) is 3.15. The minimum Gasteiger partial charge on any atom is -0.296 e. The number of nitrogens with zero attached hydrogens (tertiary/aromatic N) is 3. The van der Waals surface area contributed by atoms with E-state index in [9.17, 15) is 14.9 Å². The normalized spacial score (nSPS) is 14.0. The first-order valence-electron chi connectivity index (χ1n) is 6.03. The number of nitro benzene ring substituents is 1. The minimum absolute atomic E-state index is 0.0145. The van der Waals surface area contributed by atoms with Crippen molar-refractivity contribution in [1.82, 2.24) is 10.2 Å². The molecule has 0 aliphatic heterocycles. The molecule has 0 saturated heterocycles. The van der Waals surface area contributed by atoms with Crippen molar-refractivity contribution in [2.24, 2.45) is 0 Å². The van der Waals surface area contributed by atoms with Gasteiger partial charge in [-0.05, 0) is 18.9 Å². The average Bonchev–Trinajstić information content (AvgIpc) is 3.19. The minimum atomic E-state index is -0.579. The van der Waals surface area contributed by atoms with Crippen LogP contribution >= 0.6 is 11.3 Å². The third kappa shape index (κ3) is 2.50. The first kappa shape index (κ1) is 12.7. The van der Waals surface area contributed by atoms with Crippen molar-refractivity contribution in [3.63, 3.8) is 0 Å². The summed E-state index contributed by atoms with van der Waals surface area (Å²) in [6.07, 6.45) is 2.21. The Morgan fingerprint density at radius 3 is 2.80 bits per heavy atom. The summed E-state index contributed by atoms with van der Waals surface area (Å²) in [6.45, 7) is 0. The van der Waals surface area contributed by atoms with Crippen molar-refractivity contribution in [3.8, 4) is 0 Å². The van der Waals surface area contributed by atoms with Crippen molar-refractivity contribution in [2.45, 2.75) is 18.8 Å². The van der Waals surface area contributed by atoms with Gasteiger partial charge in [-0.15, -0.1) is 10.2 Å². The number of rotatable bonds is 4. The first-order chi connectivity index (χ1) is 9.65. The van der Waals surface area contributed by atoms with Crippen molar-refractivity contribution >= 4 is 28.1 Å². The Morgan fingerprint density at radius 2 is 2.10 bits per heavy atom. The molecule has 0 unspecified atom stereocenters. The molecule has 1 aliphatic carbocycles. The molecular formula is C12H10N4O3S. The predicted octanol–water partition coefficient (Wildman–Crippen LogP) is 2.58. The van der Waals surface area contributed by atoms with Crippen LogP contribution in [0.1, 0.15) is 34.1 Å². The van der Waals surface area contributed by atoms with E-state index in [1.165, 1.54) is 29.5 Å². The predicted molar refractivity (Wildman–Crippen MR) is 72.9 cm³/mol. The lowest BCUT2D eigenvalue weighted by Crippen LogP contribution is -2.13. The topological polar surface area (TPSA) is 98.0 Å². The third-order valence-corrected chi connectivity index (χ3v) is 3.93. The molecule has 7 nitrogen and oxygen atoms in total. The lowest BCUT2D eigenvalue weighted by atomic mass is 10.1. The van der Waals surface area contributed by atoms with Crippen molar-refractivity contribution in [1.29, 1.82) is 0 Å². The maximum atomic E-state index is 12.1. The summed E-state index contributed by atoms with van der Waals surface area (Å²) < 4.78 is 0. The number of amides is 1. The molecule has 1 fully saturated rings. The number of hydrogen-bond donors (Lipinski definition) is 1. The smallest absolute Gasteiger partial charge is 0.282 e. The van der Waals surface area contributed by atoms with Crippen LogP contribution in [0.15, 0.2) is 24.3 Å². The van der Waals surface area contributed by atoms with Crippen molar-refractivity contribution in [3.05, 3.63) is 45.0 Å². The van der Waals surface area contributed by atoms with Crippen LogP contribution in [0.25, 0.3) is 0 Å². The highest BCUT2D eigenvalue weighted by atomic mass is 32.1. The van der Waals surface area contributed by atoms with Crippen LogP contribution in [0.5, 0.6) is 0 Å². The van der Waals surface area contributed by atoms with Crippen LogP contribution in [0, 0.1) is 10.1 Å². The molecule has 0 radical (unpaired) electrons. The molecule has 102 valence electrons. The number of anilines is 1. The van der Waals surface area contributed by atoms with Gasteiger partial charge in [-0.2, -0.15) is 0 Å². The largest absolute Gasteiger partial charge is 0.296 e. The van der Waals surface area contributed by atoms with E-state index < -0.39 is 10.8 Å². The SMILES string of the molecule is O=C(Nc1nnc(C2CC2)s1)c1ccccc1[N+](=O)[O-]. The van der Waals surface area contributed by atoms with Crippen LogP contribution in [0.2, 0.25) is 0 Å². The highest BCUT2D eigenvalue weighted by Gasteiger charge is 2.28. The van der Waals surface area contributed by atoms with Gasteiger partial charge >= 0.3 is 0 Å². The van der Waals surface area contributed by atoms with Crippen molar-refractivity contribution in [2.75, 3.05) is 5.32 Å². The first-order valence-corrected chi connectivity index (χ1v) is 6.85. The fourth-order valence-corrected chi connectivity index (χ4v) is 2.68. The maximum Gasteiger partial charge on any atom is 0.282 e. The Balaban J connectivity index is 1.80. The van der Waals surface area contributed by atoms with Gasteiger partial charge in [-0.1, -0.05) is 23.5 Å². The molecule has 1 heterocycles. The van der Waals surface area contributed by atoms with Crippen LogP contribution < -0.4 is 5.32 Å². The van der Waals surface area contributed by atoms with Gasteiger partial charge in [0.2, 0.25) is 5.13 Å². The lowest BCUT2D eigenvalue weighted by molar-refractivity contribution is -0.385. The molecule has 1 aliphatic rings. The highest BCUT2D eigenvalue weighted by Crippen LogP contribution is 2.42. The molecule has 3 rings (SSSR count). The number of aromatic nitrogens is 2. The van der Waals surface area contributed by atoms with E-state index in [2.05, 4.69) is 15.5 Å². The van der Waals surface area contributed by atoms with Gasteiger partial charge in [-0.3, -0.25) is 20.2 Å². The monoisotopic (exact) mass is 290 g/mol. The Labute approximate surface area is 117 Å². The molecule has 0 spiro atoms. The van der Waals surface area contributed by atoms with Gasteiger partial charge in [0.05, 0.1) is 4.92 Å². The summed E-state index contributed by atoms with van der Waals surface area (Å²) in [5.74, 6) is -0.0833. The average molecular weight is 290 g/mol. The van der Waals surface area contributed by atoms with Gasteiger partial charge in [0.25, 0.3) is 11.6 Å². The van der Waals surface area contributed by atoms with Gasteiger partial charge in [-0.25, -0.2) is 0 Å². The molecule has 1 aromatic carbocycles. The second-order valence-electron chi connectivity index (χ2n) is 4.45. The summed E-state index contributed by atoms with van der Waals surface area (Å²) in [5.41, 5.74) is -0.211. The van der Waals surface area contributed by atoms with E-state index in [-0.39, 0.29) is 11.3 Å². The van der Waals surface area contributed by atoms with Gasteiger partial charge in [0.15, 0.2) is 0 Å². The van der Waals surface area contributed by atoms with E-state index in [1.54, 1.807) is 6.07 Å². The number of para-hydroxylation sites is 1. The highest BCUT2D eigenvalue weighted by molar-refractivity contribution is 7.15. The van der Waals surface area contributed by atoms with Gasteiger partial charge < -0.3 is 0 Å². The fraction of sp³-hybridized carbons (Fsp3) is 0.250. The molecule has 0 atom stereocenters. The molecule has 8 heteroatoms. The Hall–Kier alpha value is -2.35. The number of hydrogen-bond acceptors (Lipinski definition) is 6. The quantitative estimate of drug-likeness (QED) is 0.689. The number of carbonyl (C=O) groups excluding carboxylic acids is 1. The lowest BCUT2D eigenvalue weighted by Gasteiger charge is -2.01. The van der Waals surface area contributed by atoms with Crippen LogP contribution in [0.4, 0.5) is 10.8 Å².